The lowest BCUT2D eigenvalue weighted by atomic mass is 9.82. The van der Waals surface area contributed by atoms with E-state index in [1.54, 1.807) is 0 Å². The topological polar surface area (TPSA) is 16.4 Å². The highest BCUT2D eigenvalue weighted by atomic mass is 16.3. The predicted molar refractivity (Wildman–Crippen MR) is 252 cm³/mol. The lowest BCUT2D eigenvalue weighted by molar-refractivity contribution is 0.660. The molecule has 2 heteroatoms. The van der Waals surface area contributed by atoms with Crippen molar-refractivity contribution in [3.8, 4) is 44.5 Å². The minimum atomic E-state index is -0.110. The van der Waals surface area contributed by atoms with Gasteiger partial charge in [-0.3, -0.25) is 0 Å². The first-order valence-corrected chi connectivity index (χ1v) is 21.1. The van der Waals surface area contributed by atoms with Gasteiger partial charge in [0.25, 0.3) is 0 Å². The molecule has 286 valence electrons. The summed E-state index contributed by atoms with van der Waals surface area (Å²) in [5, 5.41) is 4.55. The minimum absolute atomic E-state index is 0.0992. The SMILES string of the molecule is CC1(C)c2ccccc2-c2cc(N(c3ccccc3-c3cccc4c3-c3ccccc3C4(C)C)c3ccccc3-c3cccc4oc5c6ccccc6ccc5c34)ccc21. The molecule has 2 aliphatic carbocycles. The van der Waals surface area contributed by atoms with Gasteiger partial charge >= 0.3 is 0 Å². The summed E-state index contributed by atoms with van der Waals surface area (Å²) >= 11 is 0. The zero-order chi connectivity index (χ0) is 40.3. The van der Waals surface area contributed by atoms with E-state index < -0.39 is 0 Å². The molecule has 60 heavy (non-hydrogen) atoms. The fourth-order valence-electron chi connectivity index (χ4n) is 10.8. The number of hydrogen-bond acceptors (Lipinski definition) is 2. The first-order chi connectivity index (χ1) is 29.3. The van der Waals surface area contributed by atoms with Crippen molar-refractivity contribution in [2.75, 3.05) is 4.90 Å². The molecule has 10 aromatic rings. The number of nitrogens with zero attached hydrogens (tertiary/aromatic N) is 1. The first-order valence-electron chi connectivity index (χ1n) is 21.1. The van der Waals surface area contributed by atoms with Crippen LogP contribution >= 0.6 is 0 Å². The molecule has 0 saturated heterocycles. The standard InChI is InChI=1S/C58H43NO/c1-57(2)47-25-11-7-19-39(47)46-35-37(32-34-49(46)57)59(51-28-13-9-20-40(51)42-23-15-27-50-54(42)44-22-8-12-26-48(44)58(50,3)4)52-29-14-10-21-41(52)43-24-16-30-53-55(43)45-33-31-36-17-5-6-18-38(36)56(45)60-53/h5-35H,1-4H3. The van der Waals surface area contributed by atoms with Crippen molar-refractivity contribution in [2.24, 2.45) is 0 Å². The molecule has 0 N–H and O–H groups in total. The van der Waals surface area contributed by atoms with Crippen molar-refractivity contribution in [2.45, 2.75) is 38.5 Å². The molecule has 0 fully saturated rings. The molecule has 2 nitrogen and oxygen atoms in total. The van der Waals surface area contributed by atoms with Crippen molar-refractivity contribution in [3.63, 3.8) is 0 Å². The maximum absolute atomic E-state index is 6.75. The summed E-state index contributed by atoms with van der Waals surface area (Å²) in [4.78, 5) is 2.51. The van der Waals surface area contributed by atoms with Crippen LogP contribution in [0.5, 0.6) is 0 Å². The van der Waals surface area contributed by atoms with Gasteiger partial charge in [-0.05, 0) is 97.4 Å². The number of hydrogen-bond donors (Lipinski definition) is 0. The molecule has 0 aliphatic heterocycles. The molecule has 0 saturated carbocycles. The van der Waals surface area contributed by atoms with Gasteiger partial charge in [-0.1, -0.05) is 179 Å². The van der Waals surface area contributed by atoms with Gasteiger partial charge < -0.3 is 9.32 Å². The number of fused-ring (bicyclic) bond motifs is 11. The Morgan fingerprint density at radius 2 is 0.933 bits per heavy atom. The van der Waals surface area contributed by atoms with Gasteiger partial charge in [-0.25, -0.2) is 0 Å². The largest absolute Gasteiger partial charge is 0.455 e. The van der Waals surface area contributed by atoms with Gasteiger partial charge in [-0.15, -0.1) is 0 Å². The minimum Gasteiger partial charge on any atom is -0.455 e. The van der Waals surface area contributed by atoms with Crippen LogP contribution in [-0.4, -0.2) is 0 Å². The highest BCUT2D eigenvalue weighted by Crippen LogP contribution is 2.56. The van der Waals surface area contributed by atoms with Crippen LogP contribution in [0.25, 0.3) is 77.2 Å². The van der Waals surface area contributed by atoms with Crippen LogP contribution in [0.2, 0.25) is 0 Å². The molecule has 9 aromatic carbocycles. The second-order valence-electron chi connectivity index (χ2n) is 17.6. The first kappa shape index (κ1) is 34.8. The maximum atomic E-state index is 6.75. The van der Waals surface area contributed by atoms with Crippen LogP contribution in [0.3, 0.4) is 0 Å². The second kappa shape index (κ2) is 12.7. The van der Waals surface area contributed by atoms with Gasteiger partial charge in [0.05, 0.1) is 11.4 Å². The number of anilines is 3. The zero-order valence-corrected chi connectivity index (χ0v) is 34.3. The number of rotatable bonds is 5. The molecule has 12 rings (SSSR count). The quantitative estimate of drug-likeness (QED) is 0.173. The summed E-state index contributed by atoms with van der Waals surface area (Å²) in [6.07, 6.45) is 0. The molecule has 0 spiro atoms. The molecule has 0 amide bonds. The van der Waals surface area contributed by atoms with Gasteiger partial charge in [-0.2, -0.15) is 0 Å². The van der Waals surface area contributed by atoms with Crippen LogP contribution in [0.15, 0.2) is 192 Å². The summed E-state index contributed by atoms with van der Waals surface area (Å²) in [7, 11) is 0. The lowest BCUT2D eigenvalue weighted by Crippen LogP contribution is -2.16. The van der Waals surface area contributed by atoms with E-state index in [-0.39, 0.29) is 10.8 Å². The van der Waals surface area contributed by atoms with Gasteiger partial charge in [0.1, 0.15) is 11.2 Å². The van der Waals surface area contributed by atoms with E-state index >= 15 is 0 Å². The Morgan fingerprint density at radius 1 is 0.383 bits per heavy atom. The Balaban J connectivity index is 1.14. The maximum Gasteiger partial charge on any atom is 0.143 e. The van der Waals surface area contributed by atoms with Crippen LogP contribution in [0.4, 0.5) is 17.1 Å². The fraction of sp³-hybridized carbons (Fsp3) is 0.103. The van der Waals surface area contributed by atoms with E-state index in [9.17, 15) is 0 Å². The summed E-state index contributed by atoms with van der Waals surface area (Å²) < 4.78 is 6.75. The molecule has 1 aromatic heterocycles. The monoisotopic (exact) mass is 769 g/mol. The van der Waals surface area contributed by atoms with Gasteiger partial charge in [0.2, 0.25) is 0 Å². The third kappa shape index (κ3) is 4.82. The normalized spacial score (nSPS) is 14.3. The van der Waals surface area contributed by atoms with Crippen LogP contribution in [0, 0.1) is 0 Å². The van der Waals surface area contributed by atoms with Crippen molar-refractivity contribution in [1.82, 2.24) is 0 Å². The van der Waals surface area contributed by atoms with Gasteiger partial charge in [0, 0.05) is 43.8 Å². The molecule has 0 atom stereocenters. The predicted octanol–water partition coefficient (Wildman–Crippen LogP) is 16.2. The van der Waals surface area contributed by atoms with Crippen molar-refractivity contribution >= 4 is 49.8 Å². The second-order valence-corrected chi connectivity index (χ2v) is 17.6. The van der Waals surface area contributed by atoms with Crippen molar-refractivity contribution in [3.05, 3.63) is 210 Å². The third-order valence-corrected chi connectivity index (χ3v) is 13.7. The molecule has 1 heterocycles. The molecular weight excluding hydrogens is 727 g/mol. The molecule has 2 aliphatic rings. The van der Waals surface area contributed by atoms with Crippen LogP contribution in [0.1, 0.15) is 49.9 Å². The fourth-order valence-corrected chi connectivity index (χ4v) is 10.8. The van der Waals surface area contributed by atoms with Gasteiger partial charge in [0.15, 0.2) is 0 Å². The molecule has 0 bridgehead atoms. The lowest BCUT2D eigenvalue weighted by Gasteiger charge is -2.31. The highest BCUT2D eigenvalue weighted by Gasteiger charge is 2.38. The summed E-state index contributed by atoms with van der Waals surface area (Å²) in [6.45, 7) is 9.44. The Morgan fingerprint density at radius 3 is 1.72 bits per heavy atom. The highest BCUT2D eigenvalue weighted by molar-refractivity contribution is 6.20. The molecular formula is C58H43NO. The van der Waals surface area contributed by atoms with Crippen molar-refractivity contribution < 1.29 is 4.42 Å². The van der Waals surface area contributed by atoms with Crippen LogP contribution in [-0.2, 0) is 10.8 Å². The van der Waals surface area contributed by atoms with Crippen LogP contribution < -0.4 is 4.90 Å². The Kier molecular flexibility index (Phi) is 7.36. The summed E-state index contributed by atoms with van der Waals surface area (Å²) in [5.74, 6) is 0. The zero-order valence-electron chi connectivity index (χ0n) is 34.3. The number of furan rings is 1. The average Bonchev–Trinajstić information content (AvgIpc) is 3.87. The van der Waals surface area contributed by atoms with E-state index in [0.717, 1.165) is 55.5 Å². The van der Waals surface area contributed by atoms with E-state index in [2.05, 4.69) is 221 Å². The Hall–Kier alpha value is -7.16. The summed E-state index contributed by atoms with van der Waals surface area (Å²) in [5.41, 5.74) is 20.4. The van der Waals surface area contributed by atoms with E-state index in [0.29, 0.717) is 0 Å². The summed E-state index contributed by atoms with van der Waals surface area (Å²) in [6, 6.07) is 69.4. The van der Waals surface area contributed by atoms with Crippen molar-refractivity contribution in [1.29, 1.82) is 0 Å². The smallest absolute Gasteiger partial charge is 0.143 e. The van der Waals surface area contributed by atoms with E-state index in [1.807, 2.05) is 0 Å². The number of benzene rings is 9. The molecule has 0 radical (unpaired) electrons. The molecule has 0 unspecified atom stereocenters. The third-order valence-electron chi connectivity index (χ3n) is 13.7. The van der Waals surface area contributed by atoms with E-state index in [1.165, 1.54) is 61.0 Å². The Labute approximate surface area is 351 Å². The Bertz CT molecular complexity index is 3400. The number of para-hydroxylation sites is 2. The average molecular weight is 770 g/mol. The van der Waals surface area contributed by atoms with E-state index in [4.69, 9.17) is 4.42 Å².